The molecule has 1 aliphatic heterocycles. The van der Waals surface area contributed by atoms with Crippen molar-refractivity contribution in [2.45, 2.75) is 17.4 Å². The van der Waals surface area contributed by atoms with Crippen LogP contribution in [0.1, 0.15) is 17.0 Å². The van der Waals surface area contributed by atoms with Crippen LogP contribution >= 0.6 is 27.7 Å². The molecular weight excluding hydrogens is 392 g/mol. The number of rotatable bonds is 5. The molecule has 24 heavy (non-hydrogen) atoms. The molecule has 4 rings (SSSR count). The molecule has 0 radical (unpaired) electrons. The van der Waals surface area contributed by atoms with Gasteiger partial charge in [-0.15, -0.1) is 10.2 Å². The van der Waals surface area contributed by atoms with Gasteiger partial charge in [-0.2, -0.15) is 0 Å². The average Bonchev–Trinajstić information content (AvgIpc) is 3.22. The smallest absolute Gasteiger partial charge is 0.276 e. The first kappa shape index (κ1) is 15.5. The molecule has 0 saturated heterocycles. The number of thioether (sulfide) groups is 1. The monoisotopic (exact) mass is 404 g/mol. The summed E-state index contributed by atoms with van der Waals surface area (Å²) in [4.78, 5) is 0. The molecule has 0 N–H and O–H groups in total. The predicted octanol–water partition coefficient (Wildman–Crippen LogP) is 4.44. The number of halogens is 1. The lowest BCUT2D eigenvalue weighted by Gasteiger charge is -2.04. The Hall–Kier alpha value is -1.99. The van der Waals surface area contributed by atoms with E-state index in [0.29, 0.717) is 23.3 Å². The van der Waals surface area contributed by atoms with Crippen LogP contribution in [0, 0.1) is 0 Å². The van der Waals surface area contributed by atoms with Gasteiger partial charge in [-0.1, -0.05) is 58.0 Å². The molecule has 2 aromatic carbocycles. The van der Waals surface area contributed by atoms with Gasteiger partial charge in [0.25, 0.3) is 5.22 Å². The van der Waals surface area contributed by atoms with E-state index in [1.54, 1.807) is 0 Å². The Labute approximate surface area is 151 Å². The summed E-state index contributed by atoms with van der Waals surface area (Å²) in [6.07, 6.45) is 0.641. The molecule has 7 heteroatoms. The standard InChI is InChI=1S/C17H13BrN2O3S/c18-13-8-15-14(21-10-22-15)7-12(13)9-24-17-20-19-16(23-17)6-11-4-2-1-3-5-11/h1-5,7-8H,6,9-10H2. The van der Waals surface area contributed by atoms with E-state index in [4.69, 9.17) is 13.9 Å². The summed E-state index contributed by atoms with van der Waals surface area (Å²) in [5.74, 6) is 2.85. The van der Waals surface area contributed by atoms with Crippen LogP contribution in [0.5, 0.6) is 11.5 Å². The highest BCUT2D eigenvalue weighted by atomic mass is 79.9. The van der Waals surface area contributed by atoms with Gasteiger partial charge in [-0.3, -0.25) is 0 Å². The topological polar surface area (TPSA) is 57.4 Å². The van der Waals surface area contributed by atoms with Crippen LogP contribution in [0.4, 0.5) is 0 Å². The van der Waals surface area contributed by atoms with Crippen molar-refractivity contribution < 1.29 is 13.9 Å². The maximum atomic E-state index is 5.71. The van der Waals surface area contributed by atoms with E-state index in [1.165, 1.54) is 11.8 Å². The van der Waals surface area contributed by atoms with Crippen molar-refractivity contribution in [1.29, 1.82) is 0 Å². The summed E-state index contributed by atoms with van der Waals surface area (Å²) in [7, 11) is 0. The summed E-state index contributed by atoms with van der Waals surface area (Å²) in [5, 5.41) is 8.78. The molecule has 5 nitrogen and oxygen atoms in total. The third-order valence-corrected chi connectivity index (χ3v) is 5.14. The van der Waals surface area contributed by atoms with Gasteiger partial charge in [0.15, 0.2) is 11.5 Å². The first-order valence-corrected chi connectivity index (χ1v) is 9.13. The molecule has 1 aliphatic rings. The Morgan fingerprint density at radius 1 is 1.04 bits per heavy atom. The van der Waals surface area contributed by atoms with Crippen LogP contribution in [0.2, 0.25) is 0 Å². The van der Waals surface area contributed by atoms with Gasteiger partial charge >= 0.3 is 0 Å². The van der Waals surface area contributed by atoms with Crippen LogP contribution in [0.25, 0.3) is 0 Å². The molecule has 0 bridgehead atoms. The number of nitrogens with zero attached hydrogens (tertiary/aromatic N) is 2. The number of aromatic nitrogens is 2. The van der Waals surface area contributed by atoms with Crippen molar-refractivity contribution in [3.8, 4) is 11.5 Å². The van der Waals surface area contributed by atoms with Gasteiger partial charge in [0.05, 0.1) is 6.42 Å². The van der Waals surface area contributed by atoms with Crippen molar-refractivity contribution in [3.05, 3.63) is 64.0 Å². The lowest BCUT2D eigenvalue weighted by atomic mass is 10.2. The summed E-state index contributed by atoms with van der Waals surface area (Å²) < 4.78 is 17.5. The number of hydrogen-bond donors (Lipinski definition) is 0. The van der Waals surface area contributed by atoms with Gasteiger partial charge in [0, 0.05) is 10.2 Å². The maximum absolute atomic E-state index is 5.71. The maximum Gasteiger partial charge on any atom is 0.276 e. The SMILES string of the molecule is Brc1cc2c(cc1CSc1nnc(Cc3ccccc3)o1)OCO2. The third-order valence-electron chi connectivity index (χ3n) is 3.54. The predicted molar refractivity (Wildman–Crippen MR) is 93.4 cm³/mol. The van der Waals surface area contributed by atoms with Crippen molar-refractivity contribution in [2.24, 2.45) is 0 Å². The van der Waals surface area contributed by atoms with Crippen molar-refractivity contribution >= 4 is 27.7 Å². The zero-order valence-electron chi connectivity index (χ0n) is 12.6. The Kier molecular flexibility index (Phi) is 4.44. The minimum atomic E-state index is 0.269. The first-order valence-electron chi connectivity index (χ1n) is 7.35. The van der Waals surface area contributed by atoms with Gasteiger partial charge in [0.1, 0.15) is 0 Å². The molecule has 0 aliphatic carbocycles. The quantitative estimate of drug-likeness (QED) is 0.585. The lowest BCUT2D eigenvalue weighted by molar-refractivity contribution is 0.174. The van der Waals surface area contributed by atoms with Crippen LogP contribution in [-0.4, -0.2) is 17.0 Å². The van der Waals surface area contributed by atoms with E-state index < -0.39 is 0 Å². The molecule has 3 aromatic rings. The van der Waals surface area contributed by atoms with E-state index in [2.05, 4.69) is 26.1 Å². The second-order valence-electron chi connectivity index (χ2n) is 5.21. The van der Waals surface area contributed by atoms with Crippen LogP contribution < -0.4 is 9.47 Å². The second kappa shape index (κ2) is 6.86. The van der Waals surface area contributed by atoms with Gasteiger partial charge < -0.3 is 13.9 Å². The van der Waals surface area contributed by atoms with Crippen molar-refractivity contribution in [2.75, 3.05) is 6.79 Å². The molecule has 0 saturated carbocycles. The molecular formula is C17H13BrN2O3S. The molecule has 122 valence electrons. The highest BCUT2D eigenvalue weighted by molar-refractivity contribution is 9.10. The molecule has 1 aromatic heterocycles. The van der Waals surface area contributed by atoms with Gasteiger partial charge in [-0.25, -0.2) is 0 Å². The summed E-state index contributed by atoms with van der Waals surface area (Å²) in [6, 6.07) is 14.0. The Morgan fingerprint density at radius 3 is 2.67 bits per heavy atom. The van der Waals surface area contributed by atoms with Crippen molar-refractivity contribution in [1.82, 2.24) is 10.2 Å². The average molecular weight is 405 g/mol. The number of ether oxygens (including phenoxy) is 2. The summed E-state index contributed by atoms with van der Waals surface area (Å²) in [6.45, 7) is 0.269. The molecule has 0 atom stereocenters. The number of benzene rings is 2. The van der Waals surface area contributed by atoms with Gasteiger partial charge in [-0.05, 0) is 23.3 Å². The van der Waals surface area contributed by atoms with Crippen LogP contribution in [0.3, 0.4) is 0 Å². The second-order valence-corrected chi connectivity index (χ2v) is 6.99. The Balaban J connectivity index is 1.42. The molecule has 0 fully saturated rings. The molecule has 2 heterocycles. The van der Waals surface area contributed by atoms with E-state index >= 15 is 0 Å². The largest absolute Gasteiger partial charge is 0.454 e. The number of hydrogen-bond acceptors (Lipinski definition) is 6. The molecule has 0 spiro atoms. The van der Waals surface area contributed by atoms with E-state index in [1.807, 2.05) is 42.5 Å². The molecule has 0 unspecified atom stereocenters. The fourth-order valence-corrected chi connectivity index (χ4v) is 3.77. The minimum Gasteiger partial charge on any atom is -0.454 e. The normalized spacial score (nSPS) is 12.5. The zero-order valence-corrected chi connectivity index (χ0v) is 15.0. The van der Waals surface area contributed by atoms with E-state index in [0.717, 1.165) is 27.1 Å². The van der Waals surface area contributed by atoms with Crippen molar-refractivity contribution in [3.63, 3.8) is 0 Å². The lowest BCUT2D eigenvalue weighted by Crippen LogP contribution is -1.92. The highest BCUT2D eigenvalue weighted by Gasteiger charge is 2.17. The summed E-state index contributed by atoms with van der Waals surface area (Å²) >= 11 is 5.06. The van der Waals surface area contributed by atoms with E-state index in [9.17, 15) is 0 Å². The fraction of sp³-hybridized carbons (Fsp3) is 0.176. The van der Waals surface area contributed by atoms with Gasteiger partial charge in [0.2, 0.25) is 12.7 Å². The first-order chi connectivity index (χ1) is 11.8. The highest BCUT2D eigenvalue weighted by Crippen LogP contribution is 2.38. The zero-order chi connectivity index (χ0) is 16.4. The fourth-order valence-electron chi connectivity index (χ4n) is 2.35. The number of fused-ring (bicyclic) bond motifs is 1. The third kappa shape index (κ3) is 3.42. The Morgan fingerprint density at radius 2 is 1.83 bits per heavy atom. The summed E-state index contributed by atoms with van der Waals surface area (Å²) in [5.41, 5.74) is 2.24. The Bertz CT molecular complexity index is 854. The van der Waals surface area contributed by atoms with E-state index in [-0.39, 0.29) is 6.79 Å². The molecule has 0 amide bonds. The van der Waals surface area contributed by atoms with Crippen LogP contribution in [0.15, 0.2) is 56.6 Å². The minimum absolute atomic E-state index is 0.269. The van der Waals surface area contributed by atoms with Crippen LogP contribution in [-0.2, 0) is 12.2 Å².